The van der Waals surface area contributed by atoms with Crippen LogP contribution in [0.5, 0.6) is 0 Å². The van der Waals surface area contributed by atoms with Crippen molar-refractivity contribution in [1.82, 2.24) is 4.98 Å². The van der Waals surface area contributed by atoms with Crippen LogP contribution in [0.25, 0.3) is 6.08 Å². The Morgan fingerprint density at radius 3 is 2.75 bits per heavy atom. The van der Waals surface area contributed by atoms with E-state index < -0.39 is 5.97 Å². The van der Waals surface area contributed by atoms with Crippen LogP contribution in [-0.4, -0.2) is 23.1 Å². The average Bonchev–Trinajstić information content (AvgIpc) is 2.45. The van der Waals surface area contributed by atoms with E-state index in [-0.39, 0.29) is 5.82 Å². The summed E-state index contributed by atoms with van der Waals surface area (Å²) in [6.07, 6.45) is 4.07. The van der Waals surface area contributed by atoms with Crippen LogP contribution in [0.1, 0.15) is 5.56 Å². The summed E-state index contributed by atoms with van der Waals surface area (Å²) in [5.74, 6) is -0.676. The number of nitrogens with zero attached hydrogens (tertiary/aromatic N) is 2. The summed E-state index contributed by atoms with van der Waals surface area (Å²) < 4.78 is 13.2. The lowest BCUT2D eigenvalue weighted by molar-refractivity contribution is -0.131. The Morgan fingerprint density at radius 2 is 2.15 bits per heavy atom. The van der Waals surface area contributed by atoms with Crippen molar-refractivity contribution in [2.45, 2.75) is 0 Å². The van der Waals surface area contributed by atoms with Gasteiger partial charge in [-0.1, -0.05) is 6.07 Å². The highest BCUT2D eigenvalue weighted by molar-refractivity contribution is 5.85. The Labute approximate surface area is 115 Å². The fourth-order valence-electron chi connectivity index (χ4n) is 1.68. The first kappa shape index (κ1) is 13.7. The molecule has 0 radical (unpaired) electrons. The van der Waals surface area contributed by atoms with Crippen LogP contribution in [0.2, 0.25) is 0 Å². The van der Waals surface area contributed by atoms with Gasteiger partial charge in [-0.2, -0.15) is 0 Å². The second-order valence-electron chi connectivity index (χ2n) is 4.16. The van der Waals surface area contributed by atoms with Crippen molar-refractivity contribution >= 4 is 23.6 Å². The Hall–Kier alpha value is -2.69. The lowest BCUT2D eigenvalue weighted by Gasteiger charge is -2.18. The summed E-state index contributed by atoms with van der Waals surface area (Å²) in [5.41, 5.74) is 1.37. The lowest BCUT2D eigenvalue weighted by atomic mass is 10.2. The molecule has 0 fully saturated rings. The molecule has 0 saturated heterocycles. The number of hydrogen-bond donors (Lipinski definition) is 1. The van der Waals surface area contributed by atoms with E-state index in [4.69, 9.17) is 5.11 Å². The molecule has 4 nitrogen and oxygen atoms in total. The summed E-state index contributed by atoms with van der Waals surface area (Å²) >= 11 is 0. The molecule has 102 valence electrons. The molecule has 1 N–H and O–H groups in total. The van der Waals surface area contributed by atoms with Gasteiger partial charge in [-0.3, -0.25) is 0 Å². The fraction of sp³-hybridized carbons (Fsp3) is 0.0667. The molecule has 20 heavy (non-hydrogen) atoms. The zero-order valence-corrected chi connectivity index (χ0v) is 10.8. The number of carboxylic acid groups (broad SMARTS) is 1. The number of carbonyl (C=O) groups is 1. The van der Waals surface area contributed by atoms with E-state index in [1.165, 1.54) is 18.2 Å². The molecule has 0 bridgehead atoms. The summed E-state index contributed by atoms with van der Waals surface area (Å²) in [5, 5.41) is 8.54. The molecule has 1 aromatic carbocycles. The van der Waals surface area contributed by atoms with Crippen molar-refractivity contribution < 1.29 is 14.3 Å². The Balaban J connectivity index is 2.19. The summed E-state index contributed by atoms with van der Waals surface area (Å²) in [6.45, 7) is 0. The van der Waals surface area contributed by atoms with Crippen molar-refractivity contribution in [2.24, 2.45) is 0 Å². The minimum Gasteiger partial charge on any atom is -0.478 e. The number of rotatable bonds is 4. The van der Waals surface area contributed by atoms with Gasteiger partial charge in [0.05, 0.1) is 0 Å². The standard InChI is InChI=1S/C15H13FN2O2/c1-18(13-4-2-3-12(16)9-13)14-7-5-11(10-17-14)6-8-15(19)20/h2-10H,1H3,(H,19,20)/b8-6+. The second-order valence-corrected chi connectivity index (χ2v) is 4.16. The SMILES string of the molecule is CN(c1cccc(F)c1)c1ccc(/C=C/C(=O)O)cn1. The lowest BCUT2D eigenvalue weighted by Crippen LogP contribution is -2.11. The van der Waals surface area contributed by atoms with Gasteiger partial charge >= 0.3 is 5.97 Å². The van der Waals surface area contributed by atoms with Gasteiger partial charge in [0, 0.05) is 25.0 Å². The number of halogens is 1. The van der Waals surface area contributed by atoms with Crippen LogP contribution in [0, 0.1) is 5.82 Å². The van der Waals surface area contributed by atoms with Crippen molar-refractivity contribution in [3.05, 3.63) is 60.1 Å². The van der Waals surface area contributed by atoms with Gasteiger partial charge in [-0.25, -0.2) is 14.2 Å². The number of hydrogen-bond acceptors (Lipinski definition) is 3. The first-order valence-corrected chi connectivity index (χ1v) is 5.92. The minimum atomic E-state index is -1.01. The number of aromatic nitrogens is 1. The monoisotopic (exact) mass is 272 g/mol. The molecule has 2 aromatic rings. The molecule has 0 unspecified atom stereocenters. The molecular formula is C15H13FN2O2. The van der Waals surface area contributed by atoms with Crippen LogP contribution in [-0.2, 0) is 4.79 Å². The van der Waals surface area contributed by atoms with Gasteiger partial charge in [-0.05, 0) is 42.0 Å². The summed E-state index contributed by atoms with van der Waals surface area (Å²) in [6, 6.07) is 9.70. The van der Waals surface area contributed by atoms with Crippen LogP contribution in [0.4, 0.5) is 15.9 Å². The molecule has 1 aromatic heterocycles. The van der Waals surface area contributed by atoms with E-state index in [1.54, 1.807) is 42.4 Å². The third-order valence-electron chi connectivity index (χ3n) is 2.73. The predicted molar refractivity (Wildman–Crippen MR) is 75.4 cm³/mol. The molecule has 2 rings (SSSR count). The highest BCUT2D eigenvalue weighted by Crippen LogP contribution is 2.22. The molecular weight excluding hydrogens is 259 g/mol. The van der Waals surface area contributed by atoms with Gasteiger partial charge in [-0.15, -0.1) is 0 Å². The van der Waals surface area contributed by atoms with Crippen molar-refractivity contribution in [3.8, 4) is 0 Å². The Kier molecular flexibility index (Phi) is 4.10. The van der Waals surface area contributed by atoms with Gasteiger partial charge < -0.3 is 10.0 Å². The highest BCUT2D eigenvalue weighted by atomic mass is 19.1. The van der Waals surface area contributed by atoms with E-state index in [0.717, 1.165) is 6.08 Å². The number of carboxylic acids is 1. The van der Waals surface area contributed by atoms with Gasteiger partial charge in [0.15, 0.2) is 0 Å². The van der Waals surface area contributed by atoms with Crippen molar-refractivity contribution in [3.63, 3.8) is 0 Å². The quantitative estimate of drug-likeness (QED) is 0.869. The average molecular weight is 272 g/mol. The molecule has 0 spiro atoms. The van der Waals surface area contributed by atoms with Crippen LogP contribution >= 0.6 is 0 Å². The van der Waals surface area contributed by atoms with E-state index in [9.17, 15) is 9.18 Å². The van der Waals surface area contributed by atoms with Gasteiger partial charge in [0.1, 0.15) is 11.6 Å². The van der Waals surface area contributed by atoms with Crippen molar-refractivity contribution in [2.75, 3.05) is 11.9 Å². The van der Waals surface area contributed by atoms with Crippen LogP contribution in [0.15, 0.2) is 48.7 Å². The highest BCUT2D eigenvalue weighted by Gasteiger charge is 2.05. The smallest absolute Gasteiger partial charge is 0.328 e. The number of pyridine rings is 1. The molecule has 0 amide bonds. The number of aliphatic carboxylic acids is 1. The maximum absolute atomic E-state index is 13.2. The van der Waals surface area contributed by atoms with Gasteiger partial charge in [0.25, 0.3) is 0 Å². The first-order chi connectivity index (χ1) is 9.56. The summed E-state index contributed by atoms with van der Waals surface area (Å²) in [7, 11) is 1.78. The normalized spacial score (nSPS) is 10.7. The summed E-state index contributed by atoms with van der Waals surface area (Å²) in [4.78, 5) is 16.4. The van der Waals surface area contributed by atoms with E-state index in [2.05, 4.69) is 4.98 Å². The fourth-order valence-corrected chi connectivity index (χ4v) is 1.68. The molecule has 0 saturated carbocycles. The first-order valence-electron chi connectivity index (χ1n) is 5.92. The molecule has 0 atom stereocenters. The number of benzene rings is 1. The second kappa shape index (κ2) is 5.97. The van der Waals surface area contributed by atoms with Crippen LogP contribution in [0.3, 0.4) is 0 Å². The molecule has 0 aliphatic carbocycles. The Bertz CT molecular complexity index is 639. The molecule has 1 heterocycles. The molecule has 0 aliphatic heterocycles. The third kappa shape index (κ3) is 3.41. The molecule has 5 heteroatoms. The topological polar surface area (TPSA) is 53.4 Å². The van der Waals surface area contributed by atoms with E-state index in [1.807, 2.05) is 0 Å². The Morgan fingerprint density at radius 1 is 1.35 bits per heavy atom. The zero-order chi connectivity index (χ0) is 14.5. The maximum Gasteiger partial charge on any atom is 0.328 e. The predicted octanol–water partition coefficient (Wildman–Crippen LogP) is 3.09. The van der Waals surface area contributed by atoms with E-state index in [0.29, 0.717) is 17.1 Å². The van der Waals surface area contributed by atoms with Gasteiger partial charge in [0.2, 0.25) is 0 Å². The minimum absolute atomic E-state index is 0.310. The zero-order valence-electron chi connectivity index (χ0n) is 10.8. The molecule has 0 aliphatic rings. The number of anilines is 2. The van der Waals surface area contributed by atoms with E-state index >= 15 is 0 Å². The third-order valence-corrected chi connectivity index (χ3v) is 2.73. The largest absolute Gasteiger partial charge is 0.478 e. The maximum atomic E-state index is 13.2. The van der Waals surface area contributed by atoms with Crippen molar-refractivity contribution in [1.29, 1.82) is 0 Å². The van der Waals surface area contributed by atoms with Crippen LogP contribution < -0.4 is 4.90 Å².